The number of hydrogen-bond acceptors (Lipinski definition) is 4. The third-order valence-corrected chi connectivity index (χ3v) is 7.91. The zero-order valence-electron chi connectivity index (χ0n) is 23.1. The minimum absolute atomic E-state index is 0.163. The van der Waals surface area contributed by atoms with Crippen LogP contribution in [0.3, 0.4) is 0 Å². The zero-order chi connectivity index (χ0) is 29.9. The molecule has 0 radical (unpaired) electrons. The molecule has 4 aromatic carbocycles. The summed E-state index contributed by atoms with van der Waals surface area (Å²) in [5, 5.41) is 14.1. The number of rotatable bonds is 7. The minimum Gasteiger partial charge on any atom is -0.342 e. The van der Waals surface area contributed by atoms with Crippen molar-refractivity contribution >= 4 is 34.8 Å². The maximum absolute atomic E-state index is 14.0. The lowest BCUT2D eigenvalue weighted by Gasteiger charge is -2.23. The first-order valence-corrected chi connectivity index (χ1v) is 14.2. The van der Waals surface area contributed by atoms with Crippen LogP contribution in [0.4, 0.5) is 11.4 Å². The third kappa shape index (κ3) is 5.78. The van der Waals surface area contributed by atoms with E-state index in [9.17, 15) is 19.7 Å². The minimum atomic E-state index is -0.323. The van der Waals surface area contributed by atoms with E-state index in [0.717, 1.165) is 33.8 Å². The number of fused-ring (bicyclic) bond motifs is 2. The van der Waals surface area contributed by atoms with Gasteiger partial charge in [-0.1, -0.05) is 78.3 Å². The number of nitro groups is 1. The van der Waals surface area contributed by atoms with Gasteiger partial charge >= 0.3 is 0 Å². The van der Waals surface area contributed by atoms with E-state index in [0.29, 0.717) is 29.8 Å². The number of carbonyl (C=O) groups excluding carboxylic acids is 2. The Labute approximate surface area is 253 Å². The molecule has 0 unspecified atom stereocenters. The lowest BCUT2D eigenvalue weighted by atomic mass is 9.99. The van der Waals surface area contributed by atoms with Crippen LogP contribution in [-0.2, 0) is 19.5 Å². The fraction of sp³-hybridized carbons (Fsp3) is 0.118. The normalized spacial score (nSPS) is 12.2. The summed E-state index contributed by atoms with van der Waals surface area (Å²) >= 11 is 6.68. The molecule has 8 nitrogen and oxygen atoms in total. The number of nitrogens with zero attached hydrogens (tertiary/aromatic N) is 3. The van der Waals surface area contributed by atoms with E-state index in [1.807, 2.05) is 89.5 Å². The van der Waals surface area contributed by atoms with Crippen LogP contribution in [0.25, 0.3) is 11.1 Å². The van der Waals surface area contributed by atoms with Crippen LogP contribution in [-0.4, -0.2) is 27.8 Å². The van der Waals surface area contributed by atoms with E-state index in [1.165, 1.54) is 0 Å². The number of hydrogen-bond donors (Lipinski definition) is 1. The lowest BCUT2D eigenvalue weighted by molar-refractivity contribution is -0.479. The number of carbonyl (C=O) groups is 2. The van der Waals surface area contributed by atoms with Crippen molar-refractivity contribution in [2.24, 2.45) is 0 Å². The quantitative estimate of drug-likeness (QED) is 0.162. The largest absolute Gasteiger partial charge is 0.342 e. The fourth-order valence-electron chi connectivity index (χ4n) is 5.49. The molecular formula is C34H27ClN4O4. The average molecular weight is 591 g/mol. The molecule has 0 aliphatic carbocycles. The Balaban J connectivity index is 1.26. The maximum atomic E-state index is 14.0. The monoisotopic (exact) mass is 590 g/mol. The smallest absolute Gasteiger partial charge is 0.260 e. The first-order chi connectivity index (χ1) is 20.9. The Kier molecular flexibility index (Phi) is 7.77. The molecule has 2 heterocycles. The number of aromatic nitrogens is 1. The molecule has 1 aliphatic heterocycles. The summed E-state index contributed by atoms with van der Waals surface area (Å²) in [6, 6.07) is 33.4. The van der Waals surface area contributed by atoms with Gasteiger partial charge in [-0.25, -0.2) is 0 Å². The number of para-hydroxylation sites is 1. The third-order valence-electron chi connectivity index (χ3n) is 7.60. The van der Waals surface area contributed by atoms with Crippen LogP contribution < -0.4 is 10.2 Å². The molecule has 5 aromatic rings. The molecule has 214 valence electrons. The number of amides is 2. The molecule has 9 heteroatoms. The van der Waals surface area contributed by atoms with Gasteiger partial charge in [0.05, 0.1) is 23.6 Å². The van der Waals surface area contributed by atoms with E-state index < -0.39 is 0 Å². The summed E-state index contributed by atoms with van der Waals surface area (Å²) in [6.07, 6.45) is 0.304. The molecule has 2 amide bonds. The van der Waals surface area contributed by atoms with Crippen LogP contribution in [0.5, 0.6) is 0 Å². The first-order valence-electron chi connectivity index (χ1n) is 13.8. The molecule has 0 bridgehead atoms. The van der Waals surface area contributed by atoms with Crippen LogP contribution >= 0.6 is 11.6 Å². The molecule has 0 saturated carbocycles. The zero-order valence-corrected chi connectivity index (χ0v) is 23.8. The average Bonchev–Trinajstić information content (AvgIpc) is 3.31. The van der Waals surface area contributed by atoms with Gasteiger partial charge in [0.1, 0.15) is 0 Å². The van der Waals surface area contributed by atoms with E-state index in [1.54, 1.807) is 29.2 Å². The standard InChI is InChI=1S/C34H27ClN4O4/c35-31-20-25(36-33(40)29-12-6-5-11-28(29)23-8-2-1-3-9-23)14-17-30(31)34(41)38-22-27-16-15-26(18-19-39(42)43)37(27)21-24-10-4-7-13-32(24)38/h1-17,20H,18-19,21-22H2,(H,36,40). The van der Waals surface area contributed by atoms with E-state index in [4.69, 9.17) is 11.6 Å². The molecule has 0 spiro atoms. The summed E-state index contributed by atoms with van der Waals surface area (Å²) in [5.74, 6) is -0.573. The van der Waals surface area contributed by atoms with Gasteiger partial charge in [0, 0.05) is 39.8 Å². The fourth-order valence-corrected chi connectivity index (χ4v) is 5.75. The predicted molar refractivity (Wildman–Crippen MR) is 167 cm³/mol. The molecular weight excluding hydrogens is 564 g/mol. The van der Waals surface area contributed by atoms with Crippen molar-refractivity contribution in [1.29, 1.82) is 0 Å². The van der Waals surface area contributed by atoms with E-state index in [-0.39, 0.29) is 34.8 Å². The molecule has 0 atom stereocenters. The molecule has 1 aromatic heterocycles. The Morgan fingerprint density at radius 1 is 0.837 bits per heavy atom. The Morgan fingerprint density at radius 3 is 2.37 bits per heavy atom. The summed E-state index contributed by atoms with van der Waals surface area (Å²) in [5.41, 5.74) is 6.43. The number of nitrogens with one attached hydrogen (secondary N) is 1. The van der Waals surface area contributed by atoms with E-state index in [2.05, 4.69) is 5.32 Å². The van der Waals surface area contributed by atoms with Crippen LogP contribution in [0.15, 0.2) is 109 Å². The van der Waals surface area contributed by atoms with Gasteiger partial charge in [-0.3, -0.25) is 19.7 Å². The van der Waals surface area contributed by atoms with Crippen molar-refractivity contribution in [3.05, 3.63) is 152 Å². The molecule has 6 rings (SSSR count). The Morgan fingerprint density at radius 2 is 1.58 bits per heavy atom. The second kappa shape index (κ2) is 12.0. The first kappa shape index (κ1) is 27.9. The van der Waals surface area contributed by atoms with Gasteiger partial charge < -0.3 is 14.8 Å². The van der Waals surface area contributed by atoms with Crippen molar-refractivity contribution in [3.63, 3.8) is 0 Å². The summed E-state index contributed by atoms with van der Waals surface area (Å²) in [6.45, 7) is 0.613. The highest BCUT2D eigenvalue weighted by Crippen LogP contribution is 2.33. The highest BCUT2D eigenvalue weighted by atomic mass is 35.5. The van der Waals surface area contributed by atoms with Gasteiger partial charge in [-0.05, 0) is 59.2 Å². The van der Waals surface area contributed by atoms with Gasteiger partial charge in [-0.15, -0.1) is 0 Å². The number of halogens is 1. The van der Waals surface area contributed by atoms with Crippen molar-refractivity contribution in [2.75, 3.05) is 16.8 Å². The Bertz CT molecular complexity index is 1850. The highest BCUT2D eigenvalue weighted by molar-refractivity contribution is 6.35. The van der Waals surface area contributed by atoms with Crippen molar-refractivity contribution in [1.82, 2.24) is 4.57 Å². The van der Waals surface area contributed by atoms with Crippen molar-refractivity contribution in [2.45, 2.75) is 19.5 Å². The van der Waals surface area contributed by atoms with Crippen LogP contribution in [0.2, 0.25) is 5.02 Å². The van der Waals surface area contributed by atoms with Crippen LogP contribution in [0, 0.1) is 10.1 Å². The summed E-state index contributed by atoms with van der Waals surface area (Å²) in [4.78, 5) is 39.6. The van der Waals surface area contributed by atoms with Gasteiger partial charge in [0.25, 0.3) is 11.8 Å². The lowest BCUT2D eigenvalue weighted by Crippen LogP contribution is -2.31. The summed E-state index contributed by atoms with van der Waals surface area (Å²) in [7, 11) is 0. The molecule has 0 fully saturated rings. The Hall–Kier alpha value is -5.21. The van der Waals surface area contributed by atoms with Gasteiger partial charge in [0.2, 0.25) is 6.54 Å². The van der Waals surface area contributed by atoms with Gasteiger partial charge in [0.15, 0.2) is 0 Å². The number of anilines is 2. The van der Waals surface area contributed by atoms with Gasteiger partial charge in [-0.2, -0.15) is 0 Å². The molecule has 43 heavy (non-hydrogen) atoms. The van der Waals surface area contributed by atoms with E-state index >= 15 is 0 Å². The topological polar surface area (TPSA) is 97.5 Å². The maximum Gasteiger partial charge on any atom is 0.260 e. The summed E-state index contributed by atoms with van der Waals surface area (Å²) < 4.78 is 2.04. The SMILES string of the molecule is O=C(Nc1ccc(C(=O)N2Cc3ccc(CC[N+](=O)[O-])n3Cc3ccccc32)c(Cl)c1)c1ccccc1-c1ccccc1. The highest BCUT2D eigenvalue weighted by Gasteiger charge is 2.27. The van der Waals surface area contributed by atoms with Crippen molar-refractivity contribution < 1.29 is 14.5 Å². The molecule has 0 saturated heterocycles. The number of benzene rings is 4. The predicted octanol–water partition coefficient (Wildman–Crippen LogP) is 7.09. The van der Waals surface area contributed by atoms with Crippen molar-refractivity contribution in [3.8, 4) is 11.1 Å². The second-order valence-corrected chi connectivity index (χ2v) is 10.7. The molecule has 1 aliphatic rings. The second-order valence-electron chi connectivity index (χ2n) is 10.3. The van der Waals surface area contributed by atoms with Crippen LogP contribution in [0.1, 0.15) is 37.7 Å². The molecule has 1 N–H and O–H groups in total.